The van der Waals surface area contributed by atoms with Crippen molar-refractivity contribution in [3.05, 3.63) is 48.2 Å². The van der Waals surface area contributed by atoms with Crippen LogP contribution in [0, 0.1) is 0 Å². The molecule has 0 bridgehead atoms. The van der Waals surface area contributed by atoms with Crippen LogP contribution in [0.1, 0.15) is 5.56 Å². The summed E-state index contributed by atoms with van der Waals surface area (Å²) < 4.78 is 5.05. The fourth-order valence-electron chi connectivity index (χ4n) is 1.71. The number of rotatable bonds is 4. The van der Waals surface area contributed by atoms with E-state index in [1.54, 1.807) is 13.3 Å². The molecule has 0 fully saturated rings. The Morgan fingerprint density at radius 2 is 1.88 bits per heavy atom. The number of nitrogens with two attached hydrogens (primary N) is 1. The lowest BCUT2D eigenvalue weighted by atomic mass is 10.0. The van der Waals surface area contributed by atoms with Gasteiger partial charge in [0.1, 0.15) is 5.82 Å². The number of hydrogen-bond acceptors (Lipinski definition) is 3. The largest absolute Gasteiger partial charge is 0.384 e. The molecule has 3 heteroatoms. The van der Waals surface area contributed by atoms with Gasteiger partial charge < -0.3 is 10.5 Å². The lowest BCUT2D eigenvalue weighted by Gasteiger charge is -2.04. The maximum atomic E-state index is 5.66. The van der Waals surface area contributed by atoms with E-state index < -0.39 is 0 Å². The number of benzene rings is 1. The van der Waals surface area contributed by atoms with Gasteiger partial charge in [-0.25, -0.2) is 4.98 Å². The maximum absolute atomic E-state index is 5.66. The molecule has 2 N–H and O–H groups in total. The molecule has 1 aromatic heterocycles. The highest BCUT2D eigenvalue weighted by molar-refractivity contribution is 5.65. The van der Waals surface area contributed by atoms with Crippen molar-refractivity contribution in [3.8, 4) is 11.1 Å². The zero-order valence-electron chi connectivity index (χ0n) is 9.89. The van der Waals surface area contributed by atoms with Gasteiger partial charge in [-0.3, -0.25) is 0 Å². The number of pyridine rings is 1. The highest BCUT2D eigenvalue weighted by atomic mass is 16.5. The molecule has 1 aromatic carbocycles. The molecule has 0 spiro atoms. The first-order valence-corrected chi connectivity index (χ1v) is 5.59. The first kappa shape index (κ1) is 11.6. The van der Waals surface area contributed by atoms with Crippen LogP contribution in [0.5, 0.6) is 0 Å². The maximum Gasteiger partial charge on any atom is 0.123 e. The van der Waals surface area contributed by atoms with Crippen LogP contribution in [0.25, 0.3) is 11.1 Å². The minimum absolute atomic E-state index is 0.547. The zero-order chi connectivity index (χ0) is 12.1. The summed E-state index contributed by atoms with van der Waals surface area (Å²) in [6, 6.07) is 12.3. The van der Waals surface area contributed by atoms with Crippen molar-refractivity contribution >= 4 is 5.82 Å². The zero-order valence-corrected chi connectivity index (χ0v) is 9.89. The topological polar surface area (TPSA) is 48.1 Å². The second-order valence-corrected chi connectivity index (χ2v) is 3.91. The van der Waals surface area contributed by atoms with Crippen molar-refractivity contribution in [2.24, 2.45) is 0 Å². The summed E-state index contributed by atoms with van der Waals surface area (Å²) in [5.41, 5.74) is 9.19. The Morgan fingerprint density at radius 3 is 2.53 bits per heavy atom. The minimum Gasteiger partial charge on any atom is -0.384 e. The van der Waals surface area contributed by atoms with Gasteiger partial charge in [-0.05, 0) is 35.2 Å². The molecule has 3 nitrogen and oxygen atoms in total. The van der Waals surface area contributed by atoms with Crippen LogP contribution in [0.4, 0.5) is 5.82 Å². The molecule has 0 unspecified atom stereocenters. The second kappa shape index (κ2) is 5.46. The van der Waals surface area contributed by atoms with Crippen molar-refractivity contribution in [3.63, 3.8) is 0 Å². The molecule has 1 heterocycles. The second-order valence-electron chi connectivity index (χ2n) is 3.91. The number of aromatic nitrogens is 1. The van der Waals surface area contributed by atoms with Crippen molar-refractivity contribution in [1.29, 1.82) is 0 Å². The van der Waals surface area contributed by atoms with Crippen LogP contribution in [0.15, 0.2) is 42.6 Å². The molecule has 88 valence electrons. The standard InChI is InChI=1S/C14H16N2O/c1-17-9-7-11-2-4-12(5-3-11)13-6-8-16-14(15)10-13/h2-6,8,10H,7,9H2,1H3,(H2,15,16). The Morgan fingerprint density at radius 1 is 1.12 bits per heavy atom. The normalized spacial score (nSPS) is 10.4. The number of methoxy groups -OCH3 is 1. The van der Waals surface area contributed by atoms with Gasteiger partial charge in [-0.1, -0.05) is 24.3 Å². The third-order valence-electron chi connectivity index (χ3n) is 2.66. The molecule has 2 rings (SSSR count). The van der Waals surface area contributed by atoms with Crippen LogP contribution in [-0.4, -0.2) is 18.7 Å². The van der Waals surface area contributed by atoms with E-state index in [1.807, 2.05) is 12.1 Å². The van der Waals surface area contributed by atoms with Gasteiger partial charge in [0.25, 0.3) is 0 Å². The van der Waals surface area contributed by atoms with E-state index in [-0.39, 0.29) is 0 Å². The third-order valence-corrected chi connectivity index (χ3v) is 2.66. The summed E-state index contributed by atoms with van der Waals surface area (Å²) >= 11 is 0. The molecule has 0 aliphatic carbocycles. The predicted octanol–water partition coefficient (Wildman–Crippen LogP) is 2.52. The Kier molecular flexibility index (Phi) is 3.73. The van der Waals surface area contributed by atoms with Crippen LogP contribution >= 0.6 is 0 Å². The monoisotopic (exact) mass is 228 g/mol. The number of ether oxygens (including phenoxy) is 1. The fourth-order valence-corrected chi connectivity index (χ4v) is 1.71. The molecule has 0 radical (unpaired) electrons. The van der Waals surface area contributed by atoms with E-state index >= 15 is 0 Å². The van der Waals surface area contributed by atoms with Gasteiger partial charge in [-0.2, -0.15) is 0 Å². The predicted molar refractivity (Wildman–Crippen MR) is 69.7 cm³/mol. The van der Waals surface area contributed by atoms with Crippen LogP contribution < -0.4 is 5.73 Å². The number of anilines is 1. The number of nitrogens with zero attached hydrogens (tertiary/aromatic N) is 1. The molecule has 0 saturated carbocycles. The number of nitrogen functional groups attached to an aromatic ring is 1. The van der Waals surface area contributed by atoms with E-state index in [0.717, 1.165) is 24.2 Å². The third kappa shape index (κ3) is 3.04. The van der Waals surface area contributed by atoms with Crippen LogP contribution in [0.2, 0.25) is 0 Å². The lowest BCUT2D eigenvalue weighted by Crippen LogP contribution is -1.94. The van der Waals surface area contributed by atoms with Gasteiger partial charge in [-0.15, -0.1) is 0 Å². The minimum atomic E-state index is 0.547. The molecule has 0 saturated heterocycles. The van der Waals surface area contributed by atoms with Gasteiger partial charge in [0.15, 0.2) is 0 Å². The molecule has 0 aliphatic heterocycles. The Bertz CT molecular complexity index is 480. The lowest BCUT2D eigenvalue weighted by molar-refractivity contribution is 0.202. The van der Waals surface area contributed by atoms with Crippen LogP contribution in [0.3, 0.4) is 0 Å². The summed E-state index contributed by atoms with van der Waals surface area (Å²) in [7, 11) is 1.72. The summed E-state index contributed by atoms with van der Waals surface area (Å²) in [4.78, 5) is 3.98. The average molecular weight is 228 g/mol. The fraction of sp³-hybridized carbons (Fsp3) is 0.214. The molecule has 0 aliphatic rings. The highest BCUT2D eigenvalue weighted by Gasteiger charge is 1.99. The van der Waals surface area contributed by atoms with Crippen molar-refractivity contribution in [1.82, 2.24) is 4.98 Å². The SMILES string of the molecule is COCCc1ccc(-c2ccnc(N)c2)cc1. The first-order valence-electron chi connectivity index (χ1n) is 5.59. The van der Waals surface area contributed by atoms with Gasteiger partial charge >= 0.3 is 0 Å². The quantitative estimate of drug-likeness (QED) is 0.874. The van der Waals surface area contributed by atoms with Gasteiger partial charge in [0.05, 0.1) is 6.61 Å². The van der Waals surface area contributed by atoms with Crippen molar-refractivity contribution in [2.45, 2.75) is 6.42 Å². The van der Waals surface area contributed by atoms with E-state index in [1.165, 1.54) is 5.56 Å². The number of hydrogen-bond donors (Lipinski definition) is 1. The average Bonchev–Trinajstić information content (AvgIpc) is 2.37. The molecule has 2 aromatic rings. The molecular weight excluding hydrogens is 212 g/mol. The summed E-state index contributed by atoms with van der Waals surface area (Å²) in [6.07, 6.45) is 2.67. The molecule has 17 heavy (non-hydrogen) atoms. The smallest absolute Gasteiger partial charge is 0.123 e. The van der Waals surface area contributed by atoms with E-state index in [0.29, 0.717) is 5.82 Å². The summed E-state index contributed by atoms with van der Waals surface area (Å²) in [6.45, 7) is 0.752. The van der Waals surface area contributed by atoms with Crippen LogP contribution in [-0.2, 0) is 11.2 Å². The van der Waals surface area contributed by atoms with Gasteiger partial charge in [0.2, 0.25) is 0 Å². The van der Waals surface area contributed by atoms with E-state index in [4.69, 9.17) is 10.5 Å². The van der Waals surface area contributed by atoms with Gasteiger partial charge in [0, 0.05) is 13.3 Å². The Balaban J connectivity index is 2.17. The molecule has 0 amide bonds. The van der Waals surface area contributed by atoms with E-state index in [9.17, 15) is 0 Å². The Hall–Kier alpha value is -1.87. The summed E-state index contributed by atoms with van der Waals surface area (Å²) in [5.74, 6) is 0.547. The first-order chi connectivity index (χ1) is 8.29. The van der Waals surface area contributed by atoms with Crippen molar-refractivity contribution in [2.75, 3.05) is 19.5 Å². The molecular formula is C14H16N2O. The molecule has 0 atom stereocenters. The van der Waals surface area contributed by atoms with E-state index in [2.05, 4.69) is 29.2 Å². The van der Waals surface area contributed by atoms with Crippen molar-refractivity contribution < 1.29 is 4.74 Å². The Labute approximate surface area is 101 Å². The summed E-state index contributed by atoms with van der Waals surface area (Å²) in [5, 5.41) is 0. The highest BCUT2D eigenvalue weighted by Crippen LogP contribution is 2.20.